The Kier molecular flexibility index (Phi) is 6.56. The van der Waals surface area contributed by atoms with Gasteiger partial charge < -0.3 is 21.7 Å². The van der Waals surface area contributed by atoms with Gasteiger partial charge in [-0.3, -0.25) is 0 Å². The van der Waals surface area contributed by atoms with Crippen LogP contribution >= 0.6 is 0 Å². The van der Waals surface area contributed by atoms with Crippen LogP contribution in [0.2, 0.25) is 0 Å². The Morgan fingerprint density at radius 1 is 0.917 bits per heavy atom. The standard InChI is InChI=1S/2C4H11NO/c2*1-3-4(2,5)6/h2*6H,3,5H2,1-2H3. The van der Waals surface area contributed by atoms with Crippen molar-refractivity contribution in [3.05, 3.63) is 0 Å². The van der Waals surface area contributed by atoms with Crippen LogP contribution in [0.4, 0.5) is 0 Å². The van der Waals surface area contributed by atoms with Crippen molar-refractivity contribution in [2.45, 2.75) is 52.0 Å². The van der Waals surface area contributed by atoms with Crippen LogP contribution in [0, 0.1) is 0 Å². The predicted molar refractivity (Wildman–Crippen MR) is 50.2 cm³/mol. The molecule has 0 aliphatic carbocycles. The van der Waals surface area contributed by atoms with Gasteiger partial charge in [-0.25, -0.2) is 0 Å². The zero-order valence-electron chi connectivity index (χ0n) is 8.46. The Bertz CT molecular complexity index is 88.6. The highest BCUT2D eigenvalue weighted by molar-refractivity contribution is 4.57. The molecule has 0 radical (unpaired) electrons. The molecule has 2 unspecified atom stereocenters. The molecule has 0 aliphatic heterocycles. The maximum atomic E-state index is 8.60. The molecule has 6 N–H and O–H groups in total. The first-order valence-electron chi connectivity index (χ1n) is 4.15. The molecule has 2 atom stereocenters. The first kappa shape index (κ1) is 14.4. The number of rotatable bonds is 2. The SMILES string of the molecule is CCC(C)(N)O.CCC(C)(N)O. The molecule has 0 spiro atoms. The molecule has 0 aromatic heterocycles. The number of aliphatic hydroxyl groups is 2. The minimum Gasteiger partial charge on any atom is -0.376 e. The Morgan fingerprint density at radius 3 is 1.00 bits per heavy atom. The van der Waals surface area contributed by atoms with Gasteiger partial charge in [0.05, 0.1) is 0 Å². The molecule has 0 aliphatic rings. The molecule has 0 fully saturated rings. The molecule has 0 aromatic rings. The van der Waals surface area contributed by atoms with Crippen LogP contribution in [0.5, 0.6) is 0 Å². The van der Waals surface area contributed by atoms with E-state index < -0.39 is 11.4 Å². The minimum atomic E-state index is -0.958. The van der Waals surface area contributed by atoms with Gasteiger partial charge >= 0.3 is 0 Å². The van der Waals surface area contributed by atoms with Crippen molar-refractivity contribution < 1.29 is 10.2 Å². The number of hydrogen-bond donors (Lipinski definition) is 4. The molecule has 0 saturated carbocycles. The molecule has 4 nitrogen and oxygen atoms in total. The maximum Gasteiger partial charge on any atom is 0.110 e. The van der Waals surface area contributed by atoms with Gasteiger partial charge in [0, 0.05) is 0 Å². The summed E-state index contributed by atoms with van der Waals surface area (Å²) in [6.45, 7) is 6.82. The van der Waals surface area contributed by atoms with E-state index in [1.807, 2.05) is 13.8 Å². The fraction of sp³-hybridized carbons (Fsp3) is 1.00. The molecule has 0 bridgehead atoms. The van der Waals surface area contributed by atoms with Crippen LogP contribution in [0.3, 0.4) is 0 Å². The summed E-state index contributed by atoms with van der Waals surface area (Å²) in [5.74, 6) is 0. The lowest BCUT2D eigenvalue weighted by Gasteiger charge is -2.11. The fourth-order valence-corrected chi connectivity index (χ4v) is 0. The summed E-state index contributed by atoms with van der Waals surface area (Å²) in [4.78, 5) is 0. The second kappa shape index (κ2) is 5.48. The summed E-state index contributed by atoms with van der Waals surface area (Å²) in [5.41, 5.74) is 8.26. The predicted octanol–water partition coefficient (Wildman–Crippen LogP) is 0.127. The molecule has 4 heteroatoms. The summed E-state index contributed by atoms with van der Waals surface area (Å²) in [5, 5.41) is 17.2. The van der Waals surface area contributed by atoms with E-state index in [1.54, 1.807) is 13.8 Å². The lowest BCUT2D eigenvalue weighted by atomic mass is 10.2. The van der Waals surface area contributed by atoms with Crippen molar-refractivity contribution >= 4 is 0 Å². The van der Waals surface area contributed by atoms with Gasteiger partial charge in [0.15, 0.2) is 0 Å². The van der Waals surface area contributed by atoms with E-state index in [4.69, 9.17) is 21.7 Å². The zero-order valence-corrected chi connectivity index (χ0v) is 8.46. The van der Waals surface area contributed by atoms with Crippen LogP contribution in [0.1, 0.15) is 40.5 Å². The Balaban J connectivity index is 0. The van der Waals surface area contributed by atoms with Gasteiger partial charge in [0.2, 0.25) is 0 Å². The van der Waals surface area contributed by atoms with Crippen molar-refractivity contribution in [3.63, 3.8) is 0 Å². The van der Waals surface area contributed by atoms with Gasteiger partial charge in [-0.2, -0.15) is 0 Å². The normalized spacial score (nSPS) is 20.0. The quantitative estimate of drug-likeness (QED) is 0.452. The Hall–Kier alpha value is -0.160. The first-order chi connectivity index (χ1) is 5.12. The van der Waals surface area contributed by atoms with Crippen molar-refractivity contribution in [1.82, 2.24) is 0 Å². The molecule has 0 heterocycles. The van der Waals surface area contributed by atoms with E-state index >= 15 is 0 Å². The van der Waals surface area contributed by atoms with Gasteiger partial charge in [0.25, 0.3) is 0 Å². The Labute approximate surface area is 74.6 Å². The topological polar surface area (TPSA) is 92.5 Å². The third-order valence-corrected chi connectivity index (χ3v) is 1.43. The van der Waals surface area contributed by atoms with Crippen LogP contribution in [0.25, 0.3) is 0 Å². The number of nitrogens with two attached hydrogens (primary N) is 2. The van der Waals surface area contributed by atoms with Crippen LogP contribution in [0.15, 0.2) is 0 Å². The zero-order chi connectivity index (χ0) is 10.4. The largest absolute Gasteiger partial charge is 0.376 e. The summed E-state index contributed by atoms with van der Waals surface area (Å²) in [6.07, 6.45) is 1.21. The highest BCUT2D eigenvalue weighted by Crippen LogP contribution is 1.95. The smallest absolute Gasteiger partial charge is 0.110 e. The van der Waals surface area contributed by atoms with E-state index in [0.29, 0.717) is 12.8 Å². The van der Waals surface area contributed by atoms with Crippen molar-refractivity contribution in [2.24, 2.45) is 11.5 Å². The minimum absolute atomic E-state index is 0.604. The van der Waals surface area contributed by atoms with Gasteiger partial charge in [-0.05, 0) is 26.7 Å². The van der Waals surface area contributed by atoms with E-state index in [1.165, 1.54) is 0 Å². The lowest BCUT2D eigenvalue weighted by molar-refractivity contribution is 0.0626. The second-order valence-electron chi connectivity index (χ2n) is 3.42. The third kappa shape index (κ3) is 22.5. The summed E-state index contributed by atoms with van der Waals surface area (Å²) in [7, 11) is 0. The van der Waals surface area contributed by atoms with Gasteiger partial charge in [-0.15, -0.1) is 0 Å². The molecular weight excluding hydrogens is 156 g/mol. The van der Waals surface area contributed by atoms with Crippen molar-refractivity contribution in [1.29, 1.82) is 0 Å². The third-order valence-electron chi connectivity index (χ3n) is 1.43. The van der Waals surface area contributed by atoms with Crippen LogP contribution < -0.4 is 11.5 Å². The van der Waals surface area contributed by atoms with Crippen LogP contribution in [-0.2, 0) is 0 Å². The second-order valence-corrected chi connectivity index (χ2v) is 3.42. The van der Waals surface area contributed by atoms with Crippen molar-refractivity contribution in [3.8, 4) is 0 Å². The van der Waals surface area contributed by atoms with Crippen LogP contribution in [-0.4, -0.2) is 21.7 Å². The average Bonchev–Trinajstić information content (AvgIpc) is 1.86. The molecular formula is C8H22N2O2. The molecule has 12 heavy (non-hydrogen) atoms. The molecule has 0 rings (SSSR count). The van der Waals surface area contributed by atoms with E-state index in [0.717, 1.165) is 0 Å². The summed E-state index contributed by atoms with van der Waals surface area (Å²) >= 11 is 0. The molecule has 0 saturated heterocycles. The van der Waals surface area contributed by atoms with Crippen molar-refractivity contribution in [2.75, 3.05) is 0 Å². The van der Waals surface area contributed by atoms with Gasteiger partial charge in [0.1, 0.15) is 11.4 Å². The maximum absolute atomic E-state index is 8.60. The fourth-order valence-electron chi connectivity index (χ4n) is 0. The summed E-state index contributed by atoms with van der Waals surface area (Å²) in [6, 6.07) is 0. The molecule has 0 amide bonds. The average molecular weight is 178 g/mol. The summed E-state index contributed by atoms with van der Waals surface area (Å²) < 4.78 is 0. The van der Waals surface area contributed by atoms with E-state index in [2.05, 4.69) is 0 Å². The van der Waals surface area contributed by atoms with Gasteiger partial charge in [-0.1, -0.05) is 13.8 Å². The lowest BCUT2D eigenvalue weighted by Crippen LogP contribution is -2.34. The Morgan fingerprint density at radius 2 is 1.00 bits per heavy atom. The number of hydrogen-bond acceptors (Lipinski definition) is 4. The highest BCUT2D eigenvalue weighted by atomic mass is 16.3. The van der Waals surface area contributed by atoms with E-state index in [-0.39, 0.29) is 0 Å². The first-order valence-corrected chi connectivity index (χ1v) is 4.15. The monoisotopic (exact) mass is 178 g/mol. The highest BCUT2D eigenvalue weighted by Gasteiger charge is 2.06. The molecule has 76 valence electrons. The van der Waals surface area contributed by atoms with E-state index in [9.17, 15) is 0 Å². The molecule has 0 aromatic carbocycles.